The quantitative estimate of drug-likeness (QED) is 0.336. The van der Waals surface area contributed by atoms with Crippen LogP contribution >= 0.6 is 0 Å². The van der Waals surface area contributed by atoms with Crippen LogP contribution in [0.4, 0.5) is 0 Å². The maximum atomic E-state index is 13.2. The standard InChI is InChI=1S/C28H40N2O6/c1-18(2)14-23(24(31)15-21-12-8-9-13-29-28(35)26(21)33)30-27(34)22(19(3)4)16-25(32)36-17-20-10-6-5-7-11-20/h5-7,10-11,18-19,21-23H,8-9,12-17H2,1-4H3,(H,29,35)(H,30,34). The smallest absolute Gasteiger partial charge is 0.306 e. The normalized spacial score (nSPS) is 18.1. The van der Waals surface area contributed by atoms with Crippen molar-refractivity contribution in [2.45, 2.75) is 78.9 Å². The lowest BCUT2D eigenvalue weighted by atomic mass is 9.86. The van der Waals surface area contributed by atoms with E-state index in [2.05, 4.69) is 10.6 Å². The summed E-state index contributed by atoms with van der Waals surface area (Å²) >= 11 is 0. The number of carbonyl (C=O) groups is 5. The molecule has 0 aliphatic carbocycles. The van der Waals surface area contributed by atoms with Crippen molar-refractivity contribution in [3.8, 4) is 0 Å². The van der Waals surface area contributed by atoms with E-state index in [0.717, 1.165) is 18.4 Å². The van der Waals surface area contributed by atoms with E-state index in [1.54, 1.807) is 0 Å². The second kappa shape index (κ2) is 14.5. The molecule has 0 saturated carbocycles. The minimum Gasteiger partial charge on any atom is -0.461 e. The molecule has 1 aromatic rings. The summed E-state index contributed by atoms with van der Waals surface area (Å²) in [6.45, 7) is 8.17. The molecule has 3 atom stereocenters. The van der Waals surface area contributed by atoms with Crippen LogP contribution in [0.1, 0.15) is 71.8 Å². The highest BCUT2D eigenvalue weighted by Crippen LogP contribution is 2.21. The van der Waals surface area contributed by atoms with Crippen molar-refractivity contribution in [2.24, 2.45) is 23.7 Å². The molecule has 1 heterocycles. The summed E-state index contributed by atoms with van der Waals surface area (Å²) in [5.41, 5.74) is 0.858. The first-order chi connectivity index (χ1) is 17.1. The van der Waals surface area contributed by atoms with Crippen LogP contribution in [0, 0.1) is 23.7 Å². The number of benzene rings is 1. The van der Waals surface area contributed by atoms with Crippen LogP contribution in [0.2, 0.25) is 0 Å². The average molecular weight is 501 g/mol. The third-order valence-electron chi connectivity index (χ3n) is 6.49. The van der Waals surface area contributed by atoms with Crippen molar-refractivity contribution in [1.82, 2.24) is 10.6 Å². The number of amides is 2. The van der Waals surface area contributed by atoms with E-state index in [9.17, 15) is 24.0 Å². The lowest BCUT2D eigenvalue weighted by Crippen LogP contribution is -2.47. The predicted molar refractivity (Wildman–Crippen MR) is 136 cm³/mol. The molecule has 1 fully saturated rings. The average Bonchev–Trinajstić information content (AvgIpc) is 2.83. The Bertz CT molecular complexity index is 912. The van der Waals surface area contributed by atoms with Gasteiger partial charge in [-0.25, -0.2) is 0 Å². The van der Waals surface area contributed by atoms with Crippen molar-refractivity contribution in [1.29, 1.82) is 0 Å². The van der Waals surface area contributed by atoms with Crippen molar-refractivity contribution < 1.29 is 28.7 Å². The van der Waals surface area contributed by atoms with Gasteiger partial charge in [0, 0.05) is 18.9 Å². The number of nitrogens with one attached hydrogen (secondary N) is 2. The van der Waals surface area contributed by atoms with Crippen LogP contribution < -0.4 is 10.6 Å². The number of Topliss-reactive ketones (excluding diaryl/α,β-unsaturated/α-hetero) is 2. The van der Waals surface area contributed by atoms with Gasteiger partial charge in [-0.05, 0) is 36.7 Å². The van der Waals surface area contributed by atoms with Gasteiger partial charge in [0.2, 0.25) is 11.7 Å². The Balaban J connectivity index is 2.03. The minimum atomic E-state index is -0.791. The molecule has 1 aliphatic heterocycles. The van der Waals surface area contributed by atoms with Gasteiger partial charge < -0.3 is 15.4 Å². The Kier molecular flexibility index (Phi) is 11.8. The molecule has 2 N–H and O–H groups in total. The maximum Gasteiger partial charge on any atom is 0.306 e. The van der Waals surface area contributed by atoms with E-state index in [4.69, 9.17) is 4.74 Å². The van der Waals surface area contributed by atoms with Gasteiger partial charge in [0.1, 0.15) is 6.61 Å². The summed E-state index contributed by atoms with van der Waals surface area (Å²) in [6, 6.07) is 8.51. The van der Waals surface area contributed by atoms with Crippen LogP contribution in [0.15, 0.2) is 30.3 Å². The van der Waals surface area contributed by atoms with Gasteiger partial charge in [-0.2, -0.15) is 0 Å². The molecule has 1 saturated heterocycles. The number of hydrogen-bond donors (Lipinski definition) is 2. The molecule has 8 heteroatoms. The molecule has 3 unspecified atom stereocenters. The minimum absolute atomic E-state index is 0.0879. The van der Waals surface area contributed by atoms with Gasteiger partial charge in [-0.15, -0.1) is 0 Å². The number of esters is 1. The summed E-state index contributed by atoms with van der Waals surface area (Å²) in [4.78, 5) is 63.4. The van der Waals surface area contributed by atoms with E-state index in [1.807, 2.05) is 58.0 Å². The molecule has 0 radical (unpaired) electrons. The zero-order valence-electron chi connectivity index (χ0n) is 21.9. The first kappa shape index (κ1) is 29.2. The number of carbonyl (C=O) groups excluding carboxylic acids is 5. The molecule has 1 aliphatic rings. The van der Waals surface area contributed by atoms with Gasteiger partial charge in [0.15, 0.2) is 5.78 Å². The van der Waals surface area contributed by atoms with E-state index >= 15 is 0 Å². The summed E-state index contributed by atoms with van der Waals surface area (Å²) in [5, 5.41) is 5.43. The summed E-state index contributed by atoms with van der Waals surface area (Å²) in [7, 11) is 0. The number of ketones is 2. The fourth-order valence-electron chi connectivity index (χ4n) is 4.33. The third-order valence-corrected chi connectivity index (χ3v) is 6.49. The molecule has 36 heavy (non-hydrogen) atoms. The van der Waals surface area contributed by atoms with Crippen LogP contribution in [0.25, 0.3) is 0 Å². The number of rotatable bonds is 12. The third kappa shape index (κ3) is 9.55. The molecular weight excluding hydrogens is 460 g/mol. The van der Waals surface area contributed by atoms with Crippen molar-refractivity contribution >= 4 is 29.4 Å². The van der Waals surface area contributed by atoms with Crippen LogP contribution in [-0.2, 0) is 35.3 Å². The van der Waals surface area contributed by atoms with Crippen molar-refractivity contribution in [3.63, 3.8) is 0 Å². The summed E-state index contributed by atoms with van der Waals surface area (Å²) < 4.78 is 5.36. The van der Waals surface area contributed by atoms with E-state index < -0.39 is 35.5 Å². The van der Waals surface area contributed by atoms with Gasteiger partial charge in [-0.1, -0.05) is 64.4 Å². The Morgan fingerprint density at radius 1 is 1.06 bits per heavy atom. The Morgan fingerprint density at radius 2 is 1.75 bits per heavy atom. The molecular formula is C28H40N2O6. The second-order valence-electron chi connectivity index (χ2n) is 10.4. The summed E-state index contributed by atoms with van der Waals surface area (Å²) in [6.07, 6.45) is 2.19. The zero-order chi connectivity index (χ0) is 26.7. The molecule has 198 valence electrons. The maximum absolute atomic E-state index is 13.2. The molecule has 0 aromatic heterocycles. The molecule has 8 nitrogen and oxygen atoms in total. The highest BCUT2D eigenvalue weighted by atomic mass is 16.5. The molecule has 0 bridgehead atoms. The lowest BCUT2D eigenvalue weighted by Gasteiger charge is -2.26. The second-order valence-corrected chi connectivity index (χ2v) is 10.4. The highest BCUT2D eigenvalue weighted by Gasteiger charge is 2.34. The molecule has 0 spiro atoms. The van der Waals surface area contributed by atoms with Gasteiger partial charge >= 0.3 is 5.97 Å². The van der Waals surface area contributed by atoms with Crippen molar-refractivity contribution in [2.75, 3.05) is 6.54 Å². The SMILES string of the molecule is CC(C)CC(NC(=O)C(CC(=O)OCc1ccccc1)C(C)C)C(=O)CC1CCCCNC(=O)C1=O. The Hall–Kier alpha value is -3.03. The van der Waals surface area contributed by atoms with Gasteiger partial charge in [-0.3, -0.25) is 24.0 Å². The first-order valence-electron chi connectivity index (χ1n) is 12.9. The zero-order valence-corrected chi connectivity index (χ0v) is 21.9. The topological polar surface area (TPSA) is 119 Å². The Morgan fingerprint density at radius 3 is 2.39 bits per heavy atom. The van der Waals surface area contributed by atoms with Crippen LogP contribution in [0.3, 0.4) is 0 Å². The fraction of sp³-hybridized carbons (Fsp3) is 0.607. The number of hydrogen-bond acceptors (Lipinski definition) is 6. The molecule has 1 aromatic carbocycles. The highest BCUT2D eigenvalue weighted by molar-refractivity contribution is 6.37. The van der Waals surface area contributed by atoms with Crippen LogP contribution in [0.5, 0.6) is 0 Å². The largest absolute Gasteiger partial charge is 0.461 e. The van der Waals surface area contributed by atoms with Crippen molar-refractivity contribution in [3.05, 3.63) is 35.9 Å². The monoisotopic (exact) mass is 500 g/mol. The van der Waals surface area contributed by atoms with E-state index in [0.29, 0.717) is 19.4 Å². The Labute approximate surface area is 213 Å². The number of ether oxygens (including phenoxy) is 1. The predicted octanol–water partition coefficient (Wildman–Crippen LogP) is 3.37. The van der Waals surface area contributed by atoms with Gasteiger partial charge in [0.05, 0.1) is 18.4 Å². The fourth-order valence-corrected chi connectivity index (χ4v) is 4.33. The first-order valence-corrected chi connectivity index (χ1v) is 12.9. The molecule has 2 amide bonds. The summed E-state index contributed by atoms with van der Waals surface area (Å²) in [5.74, 6) is -3.73. The van der Waals surface area contributed by atoms with Crippen LogP contribution in [-0.4, -0.2) is 41.9 Å². The van der Waals surface area contributed by atoms with E-state index in [-0.39, 0.29) is 43.0 Å². The lowest BCUT2D eigenvalue weighted by molar-refractivity contribution is -0.149. The van der Waals surface area contributed by atoms with Gasteiger partial charge in [0.25, 0.3) is 5.91 Å². The van der Waals surface area contributed by atoms with E-state index in [1.165, 1.54) is 0 Å². The molecule has 2 rings (SSSR count).